The Morgan fingerprint density at radius 1 is 0.865 bits per heavy atom. The topological polar surface area (TPSA) is 83.3 Å². The van der Waals surface area contributed by atoms with Crippen LogP contribution in [0.25, 0.3) is 0 Å². The van der Waals surface area contributed by atoms with Gasteiger partial charge in [0.2, 0.25) is 11.8 Å². The van der Waals surface area contributed by atoms with Crippen LogP contribution in [0, 0.1) is 0 Å². The summed E-state index contributed by atoms with van der Waals surface area (Å²) in [5.74, 6) is 1.38. The maximum absolute atomic E-state index is 12.8. The zero-order valence-electron chi connectivity index (χ0n) is 21.2. The van der Waals surface area contributed by atoms with Crippen LogP contribution in [0.1, 0.15) is 52.9 Å². The molecular formula is C29H31N3O5. The van der Waals surface area contributed by atoms with Crippen molar-refractivity contribution in [2.24, 2.45) is 0 Å². The number of piperazine rings is 1. The van der Waals surface area contributed by atoms with Crippen molar-refractivity contribution in [1.29, 1.82) is 0 Å². The summed E-state index contributed by atoms with van der Waals surface area (Å²) in [6.07, 6.45) is 0.795. The maximum Gasteiger partial charge on any atom is 0.289 e. The quantitative estimate of drug-likeness (QED) is 0.533. The fourth-order valence-electron chi connectivity index (χ4n) is 5.12. The third-order valence-corrected chi connectivity index (χ3v) is 7.13. The minimum atomic E-state index is -0.182. The van der Waals surface area contributed by atoms with Crippen molar-refractivity contribution in [3.63, 3.8) is 0 Å². The highest BCUT2D eigenvalue weighted by atomic mass is 16.5. The van der Waals surface area contributed by atoms with Crippen molar-refractivity contribution in [3.05, 3.63) is 88.9 Å². The first-order valence-corrected chi connectivity index (χ1v) is 12.6. The monoisotopic (exact) mass is 501 g/mol. The summed E-state index contributed by atoms with van der Waals surface area (Å²) in [5.41, 5.74) is 3.33. The van der Waals surface area contributed by atoms with Crippen LogP contribution in [-0.2, 0) is 22.6 Å². The molecule has 8 nitrogen and oxygen atoms in total. The average molecular weight is 502 g/mol. The Balaban J connectivity index is 1.28. The van der Waals surface area contributed by atoms with Crippen LogP contribution in [-0.4, -0.2) is 65.1 Å². The number of ether oxygens (including phenoxy) is 1. The first kappa shape index (κ1) is 24.6. The van der Waals surface area contributed by atoms with Gasteiger partial charge >= 0.3 is 0 Å². The van der Waals surface area contributed by atoms with Gasteiger partial charge in [0.25, 0.3) is 5.91 Å². The second-order valence-corrected chi connectivity index (χ2v) is 9.49. The molecule has 3 aromatic rings. The molecule has 1 atom stereocenters. The molecule has 1 aromatic heterocycles. The third kappa shape index (κ3) is 5.23. The van der Waals surface area contributed by atoms with Crippen molar-refractivity contribution >= 4 is 17.7 Å². The van der Waals surface area contributed by atoms with Crippen LogP contribution in [0.15, 0.2) is 65.1 Å². The number of benzene rings is 2. The van der Waals surface area contributed by atoms with Crippen molar-refractivity contribution in [2.45, 2.75) is 32.9 Å². The molecule has 2 aliphatic rings. The Bertz CT molecular complexity index is 1290. The number of carbonyl (C=O) groups is 3. The molecule has 0 radical (unpaired) electrons. The SMILES string of the molecule is CC(=O)N1CCN(C(=O)c2ccc(COc3ccc4c(c3)[C@@H](c3ccccc3)N(C(C)=O)CC4)o2)CC1. The minimum absolute atomic E-state index is 0.0239. The van der Waals surface area contributed by atoms with Gasteiger partial charge in [0.05, 0.1) is 6.04 Å². The number of furan rings is 1. The molecule has 2 aromatic carbocycles. The van der Waals surface area contributed by atoms with Gasteiger partial charge in [-0.25, -0.2) is 0 Å². The van der Waals surface area contributed by atoms with E-state index in [0.717, 1.165) is 17.5 Å². The molecule has 0 aliphatic carbocycles. The predicted octanol–water partition coefficient (Wildman–Crippen LogP) is 3.66. The standard InChI is InChI=1S/C29H31N3O5/c1-20(33)30-14-16-31(17-15-30)29(35)27-11-10-25(37-27)19-36-24-9-8-22-12-13-32(21(2)34)28(26(22)18-24)23-6-4-3-5-7-23/h3-11,18,28H,12-17,19H2,1-2H3/t28-/m1/s1. The summed E-state index contributed by atoms with van der Waals surface area (Å²) in [5, 5.41) is 0. The smallest absolute Gasteiger partial charge is 0.289 e. The molecule has 3 heterocycles. The molecular weight excluding hydrogens is 470 g/mol. The molecule has 0 N–H and O–H groups in total. The fraction of sp³-hybridized carbons (Fsp3) is 0.345. The lowest BCUT2D eigenvalue weighted by molar-refractivity contribution is -0.131. The van der Waals surface area contributed by atoms with E-state index in [9.17, 15) is 14.4 Å². The van der Waals surface area contributed by atoms with E-state index in [0.29, 0.717) is 44.2 Å². The van der Waals surface area contributed by atoms with E-state index < -0.39 is 0 Å². The normalized spacial score (nSPS) is 17.4. The van der Waals surface area contributed by atoms with E-state index in [2.05, 4.69) is 6.07 Å². The molecule has 37 heavy (non-hydrogen) atoms. The van der Waals surface area contributed by atoms with Gasteiger partial charge in [-0.15, -0.1) is 0 Å². The first-order chi connectivity index (χ1) is 17.9. The van der Waals surface area contributed by atoms with E-state index in [1.165, 1.54) is 5.56 Å². The van der Waals surface area contributed by atoms with Crippen LogP contribution < -0.4 is 4.74 Å². The van der Waals surface area contributed by atoms with Crippen molar-refractivity contribution in [2.75, 3.05) is 32.7 Å². The molecule has 0 unspecified atom stereocenters. The lowest BCUT2D eigenvalue weighted by Gasteiger charge is -2.37. The van der Waals surface area contributed by atoms with Crippen molar-refractivity contribution in [3.8, 4) is 5.75 Å². The zero-order chi connectivity index (χ0) is 25.9. The summed E-state index contributed by atoms with van der Waals surface area (Å²) in [7, 11) is 0. The van der Waals surface area contributed by atoms with Gasteiger partial charge < -0.3 is 23.9 Å². The van der Waals surface area contributed by atoms with Crippen LogP contribution in [0.5, 0.6) is 5.75 Å². The van der Waals surface area contributed by atoms with Gasteiger partial charge in [0.15, 0.2) is 5.76 Å². The largest absolute Gasteiger partial charge is 0.486 e. The highest BCUT2D eigenvalue weighted by Gasteiger charge is 2.31. The molecule has 0 saturated carbocycles. The van der Waals surface area contributed by atoms with Gasteiger partial charge in [-0.05, 0) is 47.4 Å². The molecule has 1 saturated heterocycles. The number of hydrogen-bond acceptors (Lipinski definition) is 5. The molecule has 1 fully saturated rings. The van der Waals surface area contributed by atoms with Gasteiger partial charge in [-0.2, -0.15) is 0 Å². The van der Waals surface area contributed by atoms with Crippen molar-refractivity contribution in [1.82, 2.24) is 14.7 Å². The van der Waals surface area contributed by atoms with Crippen LogP contribution in [0.2, 0.25) is 0 Å². The van der Waals surface area contributed by atoms with Gasteiger partial charge in [0.1, 0.15) is 18.1 Å². The fourth-order valence-corrected chi connectivity index (χ4v) is 5.12. The minimum Gasteiger partial charge on any atom is -0.486 e. The Labute approximate surface area is 216 Å². The van der Waals surface area contributed by atoms with Crippen LogP contribution in [0.3, 0.4) is 0 Å². The molecule has 2 aliphatic heterocycles. The van der Waals surface area contributed by atoms with Crippen molar-refractivity contribution < 1.29 is 23.5 Å². The number of carbonyl (C=O) groups excluding carboxylic acids is 3. The molecule has 192 valence electrons. The lowest BCUT2D eigenvalue weighted by atomic mass is 9.88. The number of amides is 3. The second-order valence-electron chi connectivity index (χ2n) is 9.49. The maximum atomic E-state index is 12.8. The van der Waals surface area contributed by atoms with E-state index in [1.54, 1.807) is 35.8 Å². The molecule has 0 bridgehead atoms. The molecule has 0 spiro atoms. The van der Waals surface area contributed by atoms with E-state index >= 15 is 0 Å². The predicted molar refractivity (Wildman–Crippen MR) is 137 cm³/mol. The number of nitrogens with zero attached hydrogens (tertiary/aromatic N) is 3. The average Bonchev–Trinajstić information content (AvgIpc) is 3.40. The zero-order valence-corrected chi connectivity index (χ0v) is 21.2. The lowest BCUT2D eigenvalue weighted by Crippen LogP contribution is -2.50. The highest BCUT2D eigenvalue weighted by Crippen LogP contribution is 2.37. The number of hydrogen-bond donors (Lipinski definition) is 0. The molecule has 5 rings (SSSR count). The summed E-state index contributed by atoms with van der Waals surface area (Å²) >= 11 is 0. The Morgan fingerprint density at radius 3 is 2.30 bits per heavy atom. The van der Waals surface area contributed by atoms with Crippen LogP contribution >= 0.6 is 0 Å². The van der Waals surface area contributed by atoms with Gasteiger partial charge in [0, 0.05) is 46.6 Å². The molecule has 3 amide bonds. The molecule has 8 heteroatoms. The number of rotatable bonds is 5. The van der Waals surface area contributed by atoms with Gasteiger partial charge in [-0.1, -0.05) is 36.4 Å². The summed E-state index contributed by atoms with van der Waals surface area (Å²) in [6.45, 7) is 6.04. The van der Waals surface area contributed by atoms with Crippen LogP contribution in [0.4, 0.5) is 0 Å². The number of fused-ring (bicyclic) bond motifs is 1. The second kappa shape index (κ2) is 10.5. The van der Waals surface area contributed by atoms with E-state index in [-0.39, 0.29) is 36.1 Å². The van der Waals surface area contributed by atoms with Gasteiger partial charge in [-0.3, -0.25) is 14.4 Å². The first-order valence-electron chi connectivity index (χ1n) is 12.6. The Hall–Kier alpha value is -4.07. The Morgan fingerprint density at radius 2 is 1.59 bits per heavy atom. The Kier molecular flexibility index (Phi) is 6.99. The van der Waals surface area contributed by atoms with E-state index in [4.69, 9.17) is 9.15 Å². The summed E-state index contributed by atoms with van der Waals surface area (Å²) < 4.78 is 11.8. The summed E-state index contributed by atoms with van der Waals surface area (Å²) in [6, 6.07) is 19.3. The third-order valence-electron chi connectivity index (χ3n) is 7.13. The highest BCUT2D eigenvalue weighted by molar-refractivity contribution is 5.91. The van der Waals surface area contributed by atoms with E-state index in [1.807, 2.05) is 47.4 Å². The summed E-state index contributed by atoms with van der Waals surface area (Å²) in [4.78, 5) is 42.1.